The third-order valence-corrected chi connectivity index (χ3v) is 11.4. The average molecular weight is 979 g/mol. The van der Waals surface area contributed by atoms with Crippen molar-refractivity contribution in [3.63, 3.8) is 0 Å². The van der Waals surface area contributed by atoms with Gasteiger partial charge in [-0.2, -0.15) is 0 Å². The summed E-state index contributed by atoms with van der Waals surface area (Å²) in [5.41, 5.74) is 0. The lowest BCUT2D eigenvalue weighted by Crippen LogP contribution is -2.66. The number of aliphatic hydroxyl groups excluding tert-OH is 20. The van der Waals surface area contributed by atoms with Gasteiger partial charge in [-0.25, -0.2) is 0 Å². The zero-order chi connectivity index (χ0) is 49.2. The minimum atomic E-state index is -2.20. The highest BCUT2D eigenvalue weighted by atomic mass is 16.8. The van der Waals surface area contributed by atoms with Gasteiger partial charge in [-0.05, 0) is 12.8 Å². The molecule has 0 saturated carbocycles. The van der Waals surface area contributed by atoms with Gasteiger partial charge in [-0.3, -0.25) is 0 Å². The molecule has 4 aliphatic heterocycles. The van der Waals surface area contributed by atoms with Crippen LogP contribution in [0.3, 0.4) is 0 Å². The largest absolute Gasteiger partial charge is 0.396 e. The molecule has 0 spiro atoms. The molecule has 0 bridgehead atoms. The van der Waals surface area contributed by atoms with Crippen molar-refractivity contribution in [2.75, 3.05) is 52.9 Å². The molecular formula is C36H66O30. The topological polar surface area (TPSA) is 497 Å². The third kappa shape index (κ3) is 13.6. The zero-order valence-electron chi connectivity index (χ0n) is 35.1. The van der Waals surface area contributed by atoms with Crippen molar-refractivity contribution >= 4 is 0 Å². The fourth-order valence-electron chi connectivity index (χ4n) is 7.60. The molecule has 66 heavy (non-hydrogen) atoms. The van der Waals surface area contributed by atoms with Crippen molar-refractivity contribution in [3.8, 4) is 0 Å². The van der Waals surface area contributed by atoms with Gasteiger partial charge in [0.05, 0.1) is 52.4 Å². The molecule has 30 heteroatoms. The Labute approximate surface area is 375 Å². The predicted octanol–water partition coefficient (Wildman–Crippen LogP) is -12.8. The van der Waals surface area contributed by atoms with E-state index < -0.39 is 206 Å². The summed E-state index contributed by atoms with van der Waals surface area (Å²) in [5.74, 6) is 0. The Morgan fingerprint density at radius 3 is 1.32 bits per heavy atom. The van der Waals surface area contributed by atoms with Crippen LogP contribution in [0.1, 0.15) is 12.8 Å². The first-order valence-corrected chi connectivity index (χ1v) is 20.9. The van der Waals surface area contributed by atoms with E-state index in [0.29, 0.717) is 0 Å². The monoisotopic (exact) mass is 978 g/mol. The molecule has 390 valence electrons. The summed E-state index contributed by atoms with van der Waals surface area (Å²) in [6.07, 6.45) is -48.6. The number of aliphatic hydroxyl groups is 20. The van der Waals surface area contributed by atoms with Gasteiger partial charge in [-0.1, -0.05) is 0 Å². The van der Waals surface area contributed by atoms with Gasteiger partial charge >= 0.3 is 0 Å². The van der Waals surface area contributed by atoms with Gasteiger partial charge in [0.2, 0.25) is 0 Å². The van der Waals surface area contributed by atoms with Gasteiger partial charge in [0, 0.05) is 6.61 Å². The van der Waals surface area contributed by atoms with Crippen molar-refractivity contribution in [1.82, 2.24) is 0 Å². The Morgan fingerprint density at radius 1 is 0.424 bits per heavy atom. The van der Waals surface area contributed by atoms with Crippen LogP contribution in [0.25, 0.3) is 0 Å². The summed E-state index contributed by atoms with van der Waals surface area (Å²) < 4.78 is 54.6. The van der Waals surface area contributed by atoms with E-state index in [2.05, 4.69) is 0 Å². The quantitative estimate of drug-likeness (QED) is 0.0378. The van der Waals surface area contributed by atoms with E-state index in [9.17, 15) is 97.0 Å². The SMILES string of the molecule is OCCCC(O)C(O)C(O)OC1C(CO)OC(OC2C(CO)OC(OC(CO)C(CO)OC(CO)OC3C(CO)OC(OC4C(CO)OC(O)C(O)C4O)C(O)C3O)C(O)C2O)C(O)C1O. The molecule has 0 amide bonds. The summed E-state index contributed by atoms with van der Waals surface area (Å²) in [6, 6.07) is 0. The molecule has 4 saturated heterocycles. The standard InChI is InChI=1S/C36H66O30/c37-3-1-2-11(45)19(46)32(55)64-29-16(8-42)62-36(27(54)22(29)49)66-31-17(9-43)60-34(25(52)23(31)50)59-13(5-39)12(4-38)57-18(10-44)63-28-15(7-41)61-35(26(53)21(28)48)65-30-14(6-40)58-33(56)24(51)20(30)47/h11-56H,1-10H2. The van der Waals surface area contributed by atoms with Crippen LogP contribution < -0.4 is 0 Å². The second kappa shape index (κ2) is 26.9. The average Bonchev–Trinajstić information content (AvgIpc) is 3.32. The van der Waals surface area contributed by atoms with Crippen molar-refractivity contribution in [2.45, 2.75) is 173 Å². The van der Waals surface area contributed by atoms with Crippen LogP contribution in [0.5, 0.6) is 0 Å². The van der Waals surface area contributed by atoms with E-state index >= 15 is 0 Å². The second-order valence-electron chi connectivity index (χ2n) is 15.9. The molecule has 26 unspecified atom stereocenters. The number of rotatable bonds is 25. The minimum absolute atomic E-state index is 0.0530. The molecule has 4 rings (SSSR count). The molecule has 0 radical (unpaired) electrons. The molecule has 0 aromatic carbocycles. The van der Waals surface area contributed by atoms with Crippen LogP contribution in [0.2, 0.25) is 0 Å². The summed E-state index contributed by atoms with van der Waals surface area (Å²) in [7, 11) is 0. The molecular weight excluding hydrogens is 912 g/mol. The summed E-state index contributed by atoms with van der Waals surface area (Å²) in [5, 5.41) is 206. The lowest BCUT2D eigenvalue weighted by atomic mass is 9.96. The number of ether oxygens (including phenoxy) is 10. The lowest BCUT2D eigenvalue weighted by molar-refractivity contribution is -0.377. The van der Waals surface area contributed by atoms with Gasteiger partial charge in [-0.15, -0.1) is 0 Å². The highest BCUT2D eigenvalue weighted by Gasteiger charge is 2.54. The van der Waals surface area contributed by atoms with E-state index in [1.165, 1.54) is 0 Å². The molecule has 0 aliphatic carbocycles. The van der Waals surface area contributed by atoms with E-state index in [1.807, 2.05) is 0 Å². The first kappa shape index (κ1) is 57.4. The highest BCUT2D eigenvalue weighted by Crippen LogP contribution is 2.33. The second-order valence-corrected chi connectivity index (χ2v) is 15.9. The molecule has 4 aliphatic rings. The van der Waals surface area contributed by atoms with Crippen molar-refractivity contribution in [2.24, 2.45) is 0 Å². The Morgan fingerprint density at radius 2 is 0.848 bits per heavy atom. The van der Waals surface area contributed by atoms with Crippen LogP contribution in [-0.2, 0) is 47.4 Å². The van der Waals surface area contributed by atoms with Crippen molar-refractivity contribution < 1.29 is 149 Å². The molecule has 0 aromatic rings. The third-order valence-electron chi connectivity index (χ3n) is 11.4. The van der Waals surface area contributed by atoms with Crippen LogP contribution in [0.15, 0.2) is 0 Å². The normalized spacial score (nSPS) is 42.9. The first-order chi connectivity index (χ1) is 31.3. The van der Waals surface area contributed by atoms with Crippen LogP contribution >= 0.6 is 0 Å². The molecule has 20 N–H and O–H groups in total. The maximum Gasteiger partial charge on any atom is 0.187 e. The predicted molar refractivity (Wildman–Crippen MR) is 202 cm³/mol. The molecule has 0 aromatic heterocycles. The molecule has 30 nitrogen and oxygen atoms in total. The first-order valence-electron chi connectivity index (χ1n) is 20.9. The minimum Gasteiger partial charge on any atom is -0.396 e. The van der Waals surface area contributed by atoms with Gasteiger partial charge in [0.25, 0.3) is 0 Å². The number of hydrogen-bond acceptors (Lipinski definition) is 30. The van der Waals surface area contributed by atoms with Gasteiger partial charge in [0.1, 0.15) is 116 Å². The Hall–Kier alpha value is -1.20. The molecule has 26 atom stereocenters. The highest BCUT2D eigenvalue weighted by molar-refractivity contribution is 4.97. The fourth-order valence-corrected chi connectivity index (χ4v) is 7.60. The molecule has 4 fully saturated rings. The maximum atomic E-state index is 11.1. The Bertz CT molecular complexity index is 1350. The van der Waals surface area contributed by atoms with Crippen LogP contribution in [0.4, 0.5) is 0 Å². The smallest absolute Gasteiger partial charge is 0.187 e. The van der Waals surface area contributed by atoms with E-state index in [1.54, 1.807) is 0 Å². The van der Waals surface area contributed by atoms with E-state index in [-0.39, 0.29) is 19.4 Å². The molecule has 4 heterocycles. The summed E-state index contributed by atoms with van der Waals surface area (Å²) >= 11 is 0. The fraction of sp³-hybridized carbons (Fsp3) is 1.00. The van der Waals surface area contributed by atoms with Crippen LogP contribution in [0, 0.1) is 0 Å². The Balaban J connectivity index is 1.38. The van der Waals surface area contributed by atoms with Gasteiger partial charge < -0.3 is 149 Å². The summed E-state index contributed by atoms with van der Waals surface area (Å²) in [4.78, 5) is 0. The zero-order valence-corrected chi connectivity index (χ0v) is 35.1. The maximum absolute atomic E-state index is 11.1. The van der Waals surface area contributed by atoms with Crippen molar-refractivity contribution in [3.05, 3.63) is 0 Å². The number of hydrogen-bond donors (Lipinski definition) is 20. The van der Waals surface area contributed by atoms with Crippen molar-refractivity contribution in [1.29, 1.82) is 0 Å². The Kier molecular flexibility index (Phi) is 23.3. The lowest BCUT2D eigenvalue weighted by Gasteiger charge is -2.47. The van der Waals surface area contributed by atoms with Gasteiger partial charge in [0.15, 0.2) is 37.7 Å². The van der Waals surface area contributed by atoms with Crippen LogP contribution in [-0.4, -0.2) is 315 Å². The van der Waals surface area contributed by atoms with E-state index in [0.717, 1.165) is 0 Å². The van der Waals surface area contributed by atoms with E-state index in [4.69, 9.17) is 52.5 Å². The summed E-state index contributed by atoms with van der Waals surface area (Å²) in [6.45, 7) is -7.26.